The number of hydrogen-bond donors (Lipinski definition) is 0. The van der Waals surface area contributed by atoms with Gasteiger partial charge in [0.25, 0.3) is 5.91 Å². The van der Waals surface area contributed by atoms with Gasteiger partial charge in [-0.1, -0.05) is 35.8 Å². The van der Waals surface area contributed by atoms with Gasteiger partial charge >= 0.3 is 0 Å². The summed E-state index contributed by atoms with van der Waals surface area (Å²) in [7, 11) is 1.82. The summed E-state index contributed by atoms with van der Waals surface area (Å²) >= 11 is 3.50. The minimum atomic E-state index is -0.152. The van der Waals surface area contributed by atoms with Gasteiger partial charge in [-0.15, -0.1) is 0 Å². The van der Waals surface area contributed by atoms with Gasteiger partial charge in [0.2, 0.25) is 5.91 Å². The number of ether oxygens (including phenoxy) is 2. The molecule has 0 radical (unpaired) electrons. The maximum Gasteiger partial charge on any atom is 0.272 e. The van der Waals surface area contributed by atoms with Crippen LogP contribution in [-0.2, 0) is 23.0 Å². The number of aromatic nitrogens is 2. The second kappa shape index (κ2) is 11.6. The molecule has 4 rings (SSSR count). The minimum Gasteiger partial charge on any atom is -0.490 e. The fourth-order valence-electron chi connectivity index (χ4n) is 4.83. The largest absolute Gasteiger partial charge is 0.490 e. The van der Waals surface area contributed by atoms with Crippen molar-refractivity contribution >= 4 is 27.7 Å². The lowest BCUT2D eigenvalue weighted by molar-refractivity contribution is -0.137. The van der Waals surface area contributed by atoms with Gasteiger partial charge in [-0.2, -0.15) is 5.10 Å². The predicted molar refractivity (Wildman–Crippen MR) is 136 cm³/mol. The van der Waals surface area contributed by atoms with Crippen LogP contribution in [0, 0.1) is 11.8 Å². The number of aryl methyl sites for hydroxylation is 1. The topological polar surface area (TPSA) is 76.9 Å². The van der Waals surface area contributed by atoms with Gasteiger partial charge in [-0.05, 0) is 36.6 Å². The van der Waals surface area contributed by atoms with Gasteiger partial charge in [0.05, 0.1) is 18.9 Å². The van der Waals surface area contributed by atoms with Gasteiger partial charge < -0.3 is 19.3 Å². The quantitative estimate of drug-likeness (QED) is 0.530. The molecule has 0 saturated carbocycles. The van der Waals surface area contributed by atoms with Crippen molar-refractivity contribution in [2.45, 2.75) is 39.2 Å². The molecule has 9 heteroatoms. The number of morpholine rings is 1. The van der Waals surface area contributed by atoms with Gasteiger partial charge in [-0.25, -0.2) is 0 Å². The molecule has 0 aliphatic carbocycles. The van der Waals surface area contributed by atoms with E-state index in [2.05, 4.69) is 34.9 Å². The van der Waals surface area contributed by atoms with Crippen LogP contribution >= 0.6 is 15.9 Å². The zero-order valence-corrected chi connectivity index (χ0v) is 22.4. The standard InChI is InChI=1S/C26H35BrN4O4/c1-18(2)13-21-16-23(29(3)28-21)26(33)31-8-7-24(35-22-6-4-5-20(27)15-22)19(17-31)14-25(32)30-9-11-34-12-10-30/h4-6,15-16,18-19,24H,7-14,17H2,1-3H3/t19-,24-/m0/s1. The van der Waals surface area contributed by atoms with E-state index in [1.54, 1.807) is 4.68 Å². The van der Waals surface area contributed by atoms with E-state index < -0.39 is 0 Å². The first-order chi connectivity index (χ1) is 16.8. The number of likely N-dealkylation sites (tertiary alicyclic amines) is 1. The number of carbonyl (C=O) groups is 2. The molecule has 0 N–H and O–H groups in total. The van der Waals surface area contributed by atoms with Crippen LogP contribution in [0.15, 0.2) is 34.8 Å². The normalized spacial score (nSPS) is 20.8. The van der Waals surface area contributed by atoms with Crippen LogP contribution in [0.2, 0.25) is 0 Å². The molecule has 2 saturated heterocycles. The zero-order chi connectivity index (χ0) is 24.9. The molecule has 2 amide bonds. The first kappa shape index (κ1) is 25.7. The number of hydrogen-bond acceptors (Lipinski definition) is 5. The molecule has 3 heterocycles. The zero-order valence-electron chi connectivity index (χ0n) is 20.8. The first-order valence-corrected chi connectivity index (χ1v) is 13.2. The van der Waals surface area contributed by atoms with E-state index in [0.717, 1.165) is 22.3 Å². The summed E-state index contributed by atoms with van der Waals surface area (Å²) in [6.07, 6.45) is 1.68. The number of benzene rings is 1. The number of nitrogens with zero attached hydrogens (tertiary/aromatic N) is 4. The van der Waals surface area contributed by atoms with Crippen molar-refractivity contribution in [1.29, 1.82) is 0 Å². The number of amides is 2. The summed E-state index contributed by atoms with van der Waals surface area (Å²) in [6, 6.07) is 9.65. The molecule has 2 fully saturated rings. The molecular formula is C26H35BrN4O4. The van der Waals surface area contributed by atoms with Crippen LogP contribution in [0.5, 0.6) is 5.75 Å². The third-order valence-electron chi connectivity index (χ3n) is 6.60. The van der Waals surface area contributed by atoms with Crippen molar-refractivity contribution in [3.63, 3.8) is 0 Å². The average molecular weight is 547 g/mol. The maximum atomic E-state index is 13.5. The van der Waals surface area contributed by atoms with Crippen molar-refractivity contribution in [1.82, 2.24) is 19.6 Å². The highest BCUT2D eigenvalue weighted by molar-refractivity contribution is 9.10. The minimum absolute atomic E-state index is 0.0419. The highest BCUT2D eigenvalue weighted by Gasteiger charge is 2.36. The fraction of sp³-hybridized carbons (Fsp3) is 0.577. The van der Waals surface area contributed by atoms with Crippen molar-refractivity contribution in [3.8, 4) is 5.75 Å². The van der Waals surface area contributed by atoms with Crippen LogP contribution in [0.3, 0.4) is 0 Å². The Morgan fingerprint density at radius 2 is 1.94 bits per heavy atom. The van der Waals surface area contributed by atoms with Gasteiger partial charge in [0.1, 0.15) is 17.5 Å². The molecule has 2 aliphatic rings. The fourth-order valence-corrected chi connectivity index (χ4v) is 5.21. The van der Waals surface area contributed by atoms with Gasteiger partial charge in [0.15, 0.2) is 0 Å². The van der Waals surface area contributed by atoms with Crippen LogP contribution in [0.4, 0.5) is 0 Å². The van der Waals surface area contributed by atoms with E-state index >= 15 is 0 Å². The van der Waals surface area contributed by atoms with Gasteiger partial charge in [0, 0.05) is 56.5 Å². The molecule has 0 bridgehead atoms. The number of carbonyl (C=O) groups excluding carboxylic acids is 2. The van der Waals surface area contributed by atoms with Crippen LogP contribution in [-0.4, -0.2) is 76.9 Å². The Labute approximate surface area is 215 Å². The average Bonchev–Trinajstić information content (AvgIpc) is 3.19. The monoisotopic (exact) mass is 546 g/mol. The first-order valence-electron chi connectivity index (χ1n) is 12.4. The molecule has 1 aromatic carbocycles. The second-order valence-corrected chi connectivity index (χ2v) is 10.8. The Bertz CT molecular complexity index is 1030. The summed E-state index contributed by atoms with van der Waals surface area (Å²) in [5.74, 6) is 1.17. The Kier molecular flexibility index (Phi) is 8.49. The van der Waals surface area contributed by atoms with Crippen molar-refractivity contribution < 1.29 is 19.1 Å². The van der Waals surface area contributed by atoms with E-state index in [9.17, 15) is 9.59 Å². The highest BCUT2D eigenvalue weighted by atomic mass is 79.9. The lowest BCUT2D eigenvalue weighted by Crippen LogP contribution is -2.50. The number of rotatable bonds is 7. The van der Waals surface area contributed by atoms with Crippen LogP contribution in [0.1, 0.15) is 42.9 Å². The molecule has 0 unspecified atom stereocenters. The predicted octanol–water partition coefficient (Wildman–Crippen LogP) is 3.54. The second-order valence-electron chi connectivity index (χ2n) is 9.85. The molecule has 2 atom stereocenters. The summed E-state index contributed by atoms with van der Waals surface area (Å²) < 4.78 is 14.4. The van der Waals surface area contributed by atoms with Crippen LogP contribution < -0.4 is 4.74 Å². The summed E-state index contributed by atoms with van der Waals surface area (Å²) in [5.41, 5.74) is 1.52. The molecule has 190 valence electrons. The van der Waals surface area contributed by atoms with E-state index in [1.165, 1.54) is 0 Å². The Morgan fingerprint density at radius 1 is 1.17 bits per heavy atom. The molecule has 2 aliphatic heterocycles. The molecule has 0 spiro atoms. The Hall–Kier alpha value is -2.39. The van der Waals surface area contributed by atoms with Crippen molar-refractivity contribution in [3.05, 3.63) is 46.2 Å². The van der Waals surface area contributed by atoms with Crippen LogP contribution in [0.25, 0.3) is 0 Å². The lowest BCUT2D eigenvalue weighted by Gasteiger charge is -2.39. The van der Waals surface area contributed by atoms with E-state index in [-0.39, 0.29) is 23.8 Å². The van der Waals surface area contributed by atoms with E-state index in [0.29, 0.717) is 63.8 Å². The molecular weight excluding hydrogens is 512 g/mol. The Balaban J connectivity index is 1.50. The smallest absolute Gasteiger partial charge is 0.272 e. The Morgan fingerprint density at radius 3 is 2.66 bits per heavy atom. The molecule has 1 aromatic heterocycles. The molecule has 35 heavy (non-hydrogen) atoms. The third kappa shape index (κ3) is 6.64. The van der Waals surface area contributed by atoms with Crippen molar-refractivity contribution in [2.24, 2.45) is 18.9 Å². The van der Waals surface area contributed by atoms with E-state index in [4.69, 9.17) is 9.47 Å². The highest BCUT2D eigenvalue weighted by Crippen LogP contribution is 2.29. The SMILES string of the molecule is CC(C)Cc1cc(C(=O)N2CC[C@H](Oc3cccc(Br)c3)[C@@H](CC(=O)N3CCOCC3)C2)n(C)n1. The maximum absolute atomic E-state index is 13.5. The molecule has 2 aromatic rings. The lowest BCUT2D eigenvalue weighted by atomic mass is 9.90. The summed E-state index contributed by atoms with van der Waals surface area (Å²) in [5, 5.41) is 4.54. The number of halogens is 1. The summed E-state index contributed by atoms with van der Waals surface area (Å²) in [4.78, 5) is 30.3. The van der Waals surface area contributed by atoms with Crippen molar-refractivity contribution in [2.75, 3.05) is 39.4 Å². The van der Waals surface area contributed by atoms with Gasteiger partial charge in [-0.3, -0.25) is 14.3 Å². The third-order valence-corrected chi connectivity index (χ3v) is 7.10. The number of piperidine rings is 1. The van der Waals surface area contributed by atoms with E-state index in [1.807, 2.05) is 47.2 Å². The summed E-state index contributed by atoms with van der Waals surface area (Å²) in [6.45, 7) is 7.68. The molecule has 8 nitrogen and oxygen atoms in total.